The summed E-state index contributed by atoms with van der Waals surface area (Å²) in [5.74, 6) is 0.856. The molecule has 94 valence electrons. The number of methoxy groups -OCH3 is 1. The number of carbonyl (C=O) groups excluding carboxylic acids is 1. The van der Waals surface area contributed by atoms with Gasteiger partial charge in [-0.05, 0) is 33.1 Å². The number of Topliss-reactive ketones (excluding diaryl/α,β-unsaturated/α-hetero) is 1. The molecule has 0 spiro atoms. The van der Waals surface area contributed by atoms with E-state index in [0.29, 0.717) is 6.42 Å². The zero-order valence-corrected chi connectivity index (χ0v) is 10.6. The molecule has 1 aromatic heterocycles. The average molecular weight is 237 g/mol. The van der Waals surface area contributed by atoms with E-state index in [0.717, 1.165) is 25.1 Å². The first-order valence-corrected chi connectivity index (χ1v) is 6.06. The molecule has 2 rings (SSSR count). The van der Waals surface area contributed by atoms with Gasteiger partial charge in [0.1, 0.15) is 17.8 Å². The van der Waals surface area contributed by atoms with Crippen LogP contribution >= 0.6 is 0 Å². The van der Waals surface area contributed by atoms with Gasteiger partial charge in [0.25, 0.3) is 0 Å². The zero-order valence-electron chi connectivity index (χ0n) is 10.6. The van der Waals surface area contributed by atoms with Crippen LogP contribution in [0.2, 0.25) is 0 Å². The first-order valence-electron chi connectivity index (χ1n) is 6.06. The zero-order chi connectivity index (χ0) is 12.5. The molecule has 1 aliphatic rings. The summed E-state index contributed by atoms with van der Waals surface area (Å²) >= 11 is 0. The molecule has 0 radical (unpaired) electrons. The summed E-state index contributed by atoms with van der Waals surface area (Å²) in [4.78, 5) is 16.4. The molecule has 1 aromatic rings. The Balaban J connectivity index is 2.10. The smallest absolute Gasteiger partial charge is 0.172 e. The Hall–Kier alpha value is -1.23. The van der Waals surface area contributed by atoms with E-state index in [1.807, 2.05) is 13.8 Å². The summed E-state index contributed by atoms with van der Waals surface area (Å²) in [5.41, 5.74) is -0.548. The number of ether oxygens (including phenoxy) is 1. The number of nitrogens with zero attached hydrogens (tertiary/aromatic N) is 3. The molecule has 0 saturated heterocycles. The minimum Gasteiger partial charge on any atom is -0.370 e. The van der Waals surface area contributed by atoms with Crippen LogP contribution < -0.4 is 0 Å². The lowest BCUT2D eigenvalue weighted by molar-refractivity contribution is -0.151. The predicted octanol–water partition coefficient (Wildman–Crippen LogP) is 1.54. The largest absolute Gasteiger partial charge is 0.370 e. The number of rotatable bonds is 5. The molecule has 5 heteroatoms. The Labute approximate surface area is 101 Å². The quantitative estimate of drug-likeness (QED) is 0.779. The van der Waals surface area contributed by atoms with Crippen LogP contribution in [0.4, 0.5) is 0 Å². The molecular weight excluding hydrogens is 218 g/mol. The van der Waals surface area contributed by atoms with Crippen LogP contribution in [-0.2, 0) is 16.0 Å². The number of hydrogen-bond donors (Lipinski definition) is 0. The van der Waals surface area contributed by atoms with Gasteiger partial charge < -0.3 is 4.74 Å². The molecule has 0 unspecified atom stereocenters. The molecule has 1 fully saturated rings. The highest BCUT2D eigenvalue weighted by atomic mass is 16.5. The van der Waals surface area contributed by atoms with Gasteiger partial charge >= 0.3 is 0 Å². The first kappa shape index (κ1) is 12.2. The molecular formula is C12H19N3O2. The fourth-order valence-corrected chi connectivity index (χ4v) is 2.23. The molecule has 0 aromatic carbocycles. The molecule has 0 bridgehead atoms. The Morgan fingerprint density at radius 1 is 1.59 bits per heavy atom. The van der Waals surface area contributed by atoms with E-state index in [1.54, 1.807) is 11.8 Å². The number of hydrogen-bond acceptors (Lipinski definition) is 4. The normalized spacial score (nSPS) is 18.1. The van der Waals surface area contributed by atoms with Gasteiger partial charge in [-0.15, -0.1) is 0 Å². The van der Waals surface area contributed by atoms with Crippen molar-refractivity contribution < 1.29 is 9.53 Å². The van der Waals surface area contributed by atoms with Crippen molar-refractivity contribution in [3.05, 3.63) is 12.2 Å². The van der Waals surface area contributed by atoms with Crippen LogP contribution in [0.25, 0.3) is 0 Å². The summed E-state index contributed by atoms with van der Waals surface area (Å²) in [5, 5.41) is 4.13. The lowest BCUT2D eigenvalue weighted by Gasteiger charge is -2.38. The minimum absolute atomic E-state index is 0.126. The monoisotopic (exact) mass is 237 g/mol. The van der Waals surface area contributed by atoms with Crippen LogP contribution in [0.3, 0.4) is 0 Å². The highest BCUT2D eigenvalue weighted by Crippen LogP contribution is 2.36. The summed E-state index contributed by atoms with van der Waals surface area (Å²) in [6, 6.07) is 0.222. The minimum atomic E-state index is -0.548. The van der Waals surface area contributed by atoms with Gasteiger partial charge in [0.05, 0.1) is 6.42 Å². The average Bonchev–Trinajstić information content (AvgIpc) is 2.65. The van der Waals surface area contributed by atoms with Crippen molar-refractivity contribution >= 4 is 5.78 Å². The molecule has 0 N–H and O–H groups in total. The number of aromatic nitrogens is 3. The third kappa shape index (κ3) is 2.11. The Bertz CT molecular complexity index is 402. The molecule has 5 nitrogen and oxygen atoms in total. The molecule has 1 heterocycles. The third-order valence-electron chi connectivity index (χ3n) is 3.52. The van der Waals surface area contributed by atoms with E-state index in [1.165, 1.54) is 6.33 Å². The van der Waals surface area contributed by atoms with Gasteiger partial charge in [0, 0.05) is 13.2 Å². The van der Waals surface area contributed by atoms with Crippen molar-refractivity contribution in [2.24, 2.45) is 0 Å². The lowest BCUT2D eigenvalue weighted by Crippen LogP contribution is -2.48. The molecule has 1 saturated carbocycles. The van der Waals surface area contributed by atoms with Crippen LogP contribution in [0.5, 0.6) is 0 Å². The number of carbonyl (C=O) groups is 1. The fourth-order valence-electron chi connectivity index (χ4n) is 2.23. The summed E-state index contributed by atoms with van der Waals surface area (Å²) < 4.78 is 7.17. The second kappa shape index (κ2) is 4.56. The lowest BCUT2D eigenvalue weighted by atomic mass is 9.76. The molecule has 17 heavy (non-hydrogen) atoms. The SMILES string of the molecule is COC1(C(=O)Cc2ncnn2C(C)C)CCC1. The van der Waals surface area contributed by atoms with Gasteiger partial charge in [-0.3, -0.25) is 4.79 Å². The predicted molar refractivity (Wildman–Crippen MR) is 62.7 cm³/mol. The molecule has 0 aliphatic heterocycles. The third-order valence-corrected chi connectivity index (χ3v) is 3.52. The molecule has 0 atom stereocenters. The maximum Gasteiger partial charge on any atom is 0.172 e. The van der Waals surface area contributed by atoms with Crippen LogP contribution in [0.15, 0.2) is 6.33 Å². The summed E-state index contributed by atoms with van der Waals surface area (Å²) in [7, 11) is 1.62. The van der Waals surface area contributed by atoms with Crippen molar-refractivity contribution in [1.82, 2.24) is 14.8 Å². The second-order valence-electron chi connectivity index (χ2n) is 4.87. The van der Waals surface area contributed by atoms with E-state index in [2.05, 4.69) is 10.1 Å². The Morgan fingerprint density at radius 2 is 2.29 bits per heavy atom. The maximum atomic E-state index is 12.2. The van der Waals surface area contributed by atoms with Crippen molar-refractivity contribution in [2.75, 3.05) is 7.11 Å². The van der Waals surface area contributed by atoms with Crippen molar-refractivity contribution in [2.45, 2.75) is 51.2 Å². The van der Waals surface area contributed by atoms with Crippen LogP contribution in [0.1, 0.15) is 45.0 Å². The van der Waals surface area contributed by atoms with E-state index in [4.69, 9.17) is 4.74 Å². The summed E-state index contributed by atoms with van der Waals surface area (Å²) in [6.45, 7) is 4.05. The second-order valence-corrected chi connectivity index (χ2v) is 4.87. The van der Waals surface area contributed by atoms with Gasteiger partial charge in [0.2, 0.25) is 0 Å². The van der Waals surface area contributed by atoms with Crippen molar-refractivity contribution in [3.63, 3.8) is 0 Å². The van der Waals surface area contributed by atoms with Crippen LogP contribution in [0, 0.1) is 0 Å². The fraction of sp³-hybridized carbons (Fsp3) is 0.750. The highest BCUT2D eigenvalue weighted by Gasteiger charge is 2.44. The standard InChI is InChI=1S/C12H19N3O2/c1-9(2)15-11(13-8-14-15)7-10(16)12(17-3)5-4-6-12/h8-9H,4-7H2,1-3H3. The van der Waals surface area contributed by atoms with E-state index in [9.17, 15) is 4.79 Å². The van der Waals surface area contributed by atoms with Crippen molar-refractivity contribution in [3.8, 4) is 0 Å². The van der Waals surface area contributed by atoms with Crippen LogP contribution in [-0.4, -0.2) is 33.3 Å². The van der Waals surface area contributed by atoms with Gasteiger partial charge in [0.15, 0.2) is 5.78 Å². The van der Waals surface area contributed by atoms with E-state index < -0.39 is 5.60 Å². The Kier molecular flexibility index (Phi) is 3.28. The maximum absolute atomic E-state index is 12.2. The molecule has 1 aliphatic carbocycles. The highest BCUT2D eigenvalue weighted by molar-refractivity contribution is 5.89. The number of ketones is 1. The van der Waals surface area contributed by atoms with Gasteiger partial charge in [-0.1, -0.05) is 0 Å². The Morgan fingerprint density at radius 3 is 2.76 bits per heavy atom. The molecule has 0 amide bonds. The summed E-state index contributed by atoms with van der Waals surface area (Å²) in [6.07, 6.45) is 4.54. The topological polar surface area (TPSA) is 57.0 Å². The van der Waals surface area contributed by atoms with E-state index >= 15 is 0 Å². The van der Waals surface area contributed by atoms with E-state index in [-0.39, 0.29) is 11.8 Å². The van der Waals surface area contributed by atoms with Crippen molar-refractivity contribution in [1.29, 1.82) is 0 Å². The van der Waals surface area contributed by atoms with Gasteiger partial charge in [-0.25, -0.2) is 9.67 Å². The first-order chi connectivity index (χ1) is 8.09. The van der Waals surface area contributed by atoms with Gasteiger partial charge in [-0.2, -0.15) is 5.10 Å².